The van der Waals surface area contributed by atoms with Gasteiger partial charge in [0.2, 0.25) is 0 Å². The second-order valence-corrected chi connectivity index (χ2v) is 5.98. The SMILES string of the molecule is CC(C)[C@](C)(C#N)NC(=O)COC(=O)c1cccc(Cl)c1Cl. The van der Waals surface area contributed by atoms with Crippen molar-refractivity contribution in [1.29, 1.82) is 5.26 Å². The number of hydrogen-bond donors (Lipinski definition) is 1. The van der Waals surface area contributed by atoms with Gasteiger partial charge in [0.25, 0.3) is 5.91 Å². The average Bonchev–Trinajstić information content (AvgIpc) is 2.47. The summed E-state index contributed by atoms with van der Waals surface area (Å²) < 4.78 is 4.89. The number of ether oxygens (including phenoxy) is 1. The molecule has 0 aromatic heterocycles. The van der Waals surface area contributed by atoms with E-state index in [1.165, 1.54) is 12.1 Å². The first-order chi connectivity index (χ1) is 10.2. The van der Waals surface area contributed by atoms with Crippen LogP contribution in [0.2, 0.25) is 10.0 Å². The van der Waals surface area contributed by atoms with E-state index in [-0.39, 0.29) is 21.5 Å². The van der Waals surface area contributed by atoms with Gasteiger partial charge in [0.15, 0.2) is 6.61 Å². The van der Waals surface area contributed by atoms with Gasteiger partial charge < -0.3 is 10.1 Å². The highest BCUT2D eigenvalue weighted by atomic mass is 35.5. The normalized spacial score (nSPS) is 13.1. The Morgan fingerprint density at radius 3 is 2.59 bits per heavy atom. The number of rotatable bonds is 5. The van der Waals surface area contributed by atoms with Crippen molar-refractivity contribution in [3.8, 4) is 6.07 Å². The van der Waals surface area contributed by atoms with Gasteiger partial charge in [0.1, 0.15) is 5.54 Å². The number of nitriles is 1. The number of hydrogen-bond acceptors (Lipinski definition) is 4. The second kappa shape index (κ2) is 7.48. The van der Waals surface area contributed by atoms with E-state index in [4.69, 9.17) is 33.2 Å². The molecule has 1 N–H and O–H groups in total. The van der Waals surface area contributed by atoms with E-state index in [0.717, 1.165) is 0 Å². The first-order valence-corrected chi connectivity index (χ1v) is 7.30. The Labute approximate surface area is 139 Å². The largest absolute Gasteiger partial charge is 0.452 e. The minimum absolute atomic E-state index is 0.0682. The van der Waals surface area contributed by atoms with E-state index < -0.39 is 24.0 Å². The molecule has 1 amide bonds. The van der Waals surface area contributed by atoms with Gasteiger partial charge in [-0.25, -0.2) is 4.79 Å². The predicted molar refractivity (Wildman–Crippen MR) is 83.7 cm³/mol. The maximum atomic E-state index is 11.9. The maximum absolute atomic E-state index is 11.9. The number of nitrogens with one attached hydrogen (secondary N) is 1. The summed E-state index contributed by atoms with van der Waals surface area (Å²) >= 11 is 11.7. The molecule has 0 radical (unpaired) electrons. The van der Waals surface area contributed by atoms with Gasteiger partial charge in [-0.2, -0.15) is 5.26 Å². The number of benzene rings is 1. The number of halogens is 2. The standard InChI is InChI=1S/C15H16Cl2N2O3/c1-9(2)15(3,8-18)19-12(20)7-22-14(21)10-5-4-6-11(16)13(10)17/h4-6,9H,7H2,1-3H3,(H,19,20)/t15-/m0/s1. The minimum Gasteiger partial charge on any atom is -0.452 e. The van der Waals surface area contributed by atoms with Crippen molar-refractivity contribution in [3.05, 3.63) is 33.8 Å². The van der Waals surface area contributed by atoms with Crippen molar-refractivity contribution in [2.45, 2.75) is 26.3 Å². The third-order valence-corrected chi connectivity index (χ3v) is 4.11. The lowest BCUT2D eigenvalue weighted by atomic mass is 9.90. The van der Waals surface area contributed by atoms with E-state index in [2.05, 4.69) is 5.32 Å². The highest BCUT2D eigenvalue weighted by Crippen LogP contribution is 2.26. The molecule has 0 aliphatic carbocycles. The molecule has 0 unspecified atom stereocenters. The molecule has 1 rings (SSSR count). The van der Waals surface area contributed by atoms with Crippen LogP contribution < -0.4 is 5.32 Å². The highest BCUT2D eigenvalue weighted by Gasteiger charge is 2.30. The van der Waals surface area contributed by atoms with Crippen molar-refractivity contribution in [1.82, 2.24) is 5.32 Å². The van der Waals surface area contributed by atoms with Gasteiger partial charge in [-0.15, -0.1) is 0 Å². The number of amides is 1. The molecule has 7 heteroatoms. The smallest absolute Gasteiger partial charge is 0.340 e. The third kappa shape index (κ3) is 4.36. The van der Waals surface area contributed by atoms with Crippen LogP contribution in [0.15, 0.2) is 18.2 Å². The van der Waals surface area contributed by atoms with Crippen molar-refractivity contribution in [2.24, 2.45) is 5.92 Å². The van der Waals surface area contributed by atoms with E-state index in [0.29, 0.717) is 0 Å². The summed E-state index contributed by atoms with van der Waals surface area (Å²) in [4.78, 5) is 23.7. The average molecular weight is 343 g/mol. The number of carbonyl (C=O) groups excluding carboxylic acids is 2. The van der Waals surface area contributed by atoms with E-state index in [1.807, 2.05) is 6.07 Å². The first kappa shape index (κ1) is 18.3. The molecule has 0 fully saturated rings. The van der Waals surface area contributed by atoms with Gasteiger partial charge in [-0.3, -0.25) is 4.79 Å². The zero-order valence-corrected chi connectivity index (χ0v) is 14.0. The molecule has 0 aliphatic heterocycles. The summed E-state index contributed by atoms with van der Waals surface area (Å²) in [5.41, 5.74) is -0.953. The second-order valence-electron chi connectivity index (χ2n) is 5.19. The Hall–Kier alpha value is -1.77. The summed E-state index contributed by atoms with van der Waals surface area (Å²) in [5.74, 6) is -1.42. The summed E-state index contributed by atoms with van der Waals surface area (Å²) in [6, 6.07) is 6.57. The zero-order valence-electron chi connectivity index (χ0n) is 12.4. The van der Waals surface area contributed by atoms with Gasteiger partial charge in [0.05, 0.1) is 21.7 Å². The van der Waals surface area contributed by atoms with E-state index >= 15 is 0 Å². The Kier molecular flexibility index (Phi) is 6.21. The van der Waals surface area contributed by atoms with E-state index in [1.54, 1.807) is 26.8 Å². The summed E-state index contributed by atoms with van der Waals surface area (Å²) in [6.45, 7) is 4.71. The Bertz CT molecular complexity index is 626. The fourth-order valence-electron chi connectivity index (χ4n) is 1.50. The molecular formula is C15H16Cl2N2O3. The highest BCUT2D eigenvalue weighted by molar-refractivity contribution is 6.43. The zero-order chi connectivity index (χ0) is 16.9. The van der Waals surface area contributed by atoms with Crippen LogP contribution in [0.5, 0.6) is 0 Å². The van der Waals surface area contributed by atoms with Crippen LogP contribution in [0, 0.1) is 17.2 Å². The van der Waals surface area contributed by atoms with Crippen molar-refractivity contribution in [3.63, 3.8) is 0 Å². The molecule has 0 saturated carbocycles. The molecule has 5 nitrogen and oxygen atoms in total. The fraction of sp³-hybridized carbons (Fsp3) is 0.400. The van der Waals surface area contributed by atoms with Crippen LogP contribution in [0.3, 0.4) is 0 Å². The monoisotopic (exact) mass is 342 g/mol. The minimum atomic E-state index is -1.03. The number of carbonyl (C=O) groups is 2. The summed E-state index contributed by atoms with van der Waals surface area (Å²) in [6.07, 6.45) is 0. The topological polar surface area (TPSA) is 79.2 Å². The van der Waals surface area contributed by atoms with E-state index in [9.17, 15) is 9.59 Å². The molecule has 0 saturated heterocycles. The molecule has 1 aromatic rings. The number of esters is 1. The molecule has 0 aliphatic rings. The quantitative estimate of drug-likeness (QED) is 0.833. The van der Waals surface area contributed by atoms with Crippen molar-refractivity contribution < 1.29 is 14.3 Å². The predicted octanol–water partition coefficient (Wildman–Crippen LogP) is 3.20. The number of nitrogens with zero attached hydrogens (tertiary/aromatic N) is 1. The Balaban J connectivity index is 2.67. The van der Waals surface area contributed by atoms with Crippen LogP contribution in [0.25, 0.3) is 0 Å². The van der Waals surface area contributed by atoms with Crippen LogP contribution in [0.4, 0.5) is 0 Å². The summed E-state index contributed by atoms with van der Waals surface area (Å²) in [5, 5.41) is 11.9. The maximum Gasteiger partial charge on any atom is 0.340 e. The molecule has 0 bridgehead atoms. The van der Waals surface area contributed by atoms with Gasteiger partial charge in [-0.05, 0) is 25.0 Å². The molecule has 118 valence electrons. The summed E-state index contributed by atoms with van der Waals surface area (Å²) in [7, 11) is 0. The van der Waals surface area contributed by atoms with Crippen LogP contribution >= 0.6 is 23.2 Å². The molecular weight excluding hydrogens is 327 g/mol. The lowest BCUT2D eigenvalue weighted by Crippen LogP contribution is -2.50. The van der Waals surface area contributed by atoms with Gasteiger partial charge in [0, 0.05) is 0 Å². The van der Waals surface area contributed by atoms with Crippen LogP contribution in [-0.4, -0.2) is 24.0 Å². The molecule has 1 aromatic carbocycles. The molecule has 0 heterocycles. The molecule has 1 atom stereocenters. The Morgan fingerprint density at radius 1 is 1.41 bits per heavy atom. The van der Waals surface area contributed by atoms with Crippen LogP contribution in [0.1, 0.15) is 31.1 Å². The third-order valence-electron chi connectivity index (χ3n) is 3.29. The van der Waals surface area contributed by atoms with Gasteiger partial charge >= 0.3 is 5.97 Å². The van der Waals surface area contributed by atoms with Gasteiger partial charge in [-0.1, -0.05) is 43.1 Å². The fourth-order valence-corrected chi connectivity index (χ4v) is 1.88. The molecule has 0 spiro atoms. The Morgan fingerprint density at radius 2 is 2.05 bits per heavy atom. The lowest BCUT2D eigenvalue weighted by molar-refractivity contribution is -0.125. The lowest BCUT2D eigenvalue weighted by Gasteiger charge is -2.27. The van der Waals surface area contributed by atoms with Crippen molar-refractivity contribution >= 4 is 35.1 Å². The van der Waals surface area contributed by atoms with Crippen LogP contribution in [-0.2, 0) is 9.53 Å². The molecule has 22 heavy (non-hydrogen) atoms. The first-order valence-electron chi connectivity index (χ1n) is 6.54. The van der Waals surface area contributed by atoms with Crippen molar-refractivity contribution in [2.75, 3.05) is 6.61 Å².